The SMILES string of the molecule is Cc1ccc(C(=O)c2ccccc2C(=O)N[C@@H](C)c2ccccc2)cc1. The molecule has 130 valence electrons. The zero-order valence-electron chi connectivity index (χ0n) is 14.9. The lowest BCUT2D eigenvalue weighted by atomic mass is 9.97. The number of rotatable bonds is 5. The second kappa shape index (κ2) is 7.79. The van der Waals surface area contributed by atoms with E-state index in [-0.39, 0.29) is 17.7 Å². The van der Waals surface area contributed by atoms with Gasteiger partial charge in [0.1, 0.15) is 0 Å². The highest BCUT2D eigenvalue weighted by atomic mass is 16.2. The number of amides is 1. The van der Waals surface area contributed by atoms with E-state index in [2.05, 4.69) is 5.32 Å². The molecule has 1 N–H and O–H groups in total. The molecule has 26 heavy (non-hydrogen) atoms. The van der Waals surface area contributed by atoms with E-state index >= 15 is 0 Å². The van der Waals surface area contributed by atoms with Crippen LogP contribution in [-0.4, -0.2) is 11.7 Å². The van der Waals surface area contributed by atoms with Crippen LogP contribution in [0.5, 0.6) is 0 Å². The van der Waals surface area contributed by atoms with E-state index in [1.54, 1.807) is 36.4 Å². The highest BCUT2D eigenvalue weighted by Gasteiger charge is 2.19. The highest BCUT2D eigenvalue weighted by molar-refractivity contribution is 6.15. The Labute approximate surface area is 153 Å². The topological polar surface area (TPSA) is 46.2 Å². The lowest BCUT2D eigenvalue weighted by molar-refractivity contribution is 0.0929. The second-order valence-electron chi connectivity index (χ2n) is 6.35. The van der Waals surface area contributed by atoms with Crippen molar-refractivity contribution in [1.29, 1.82) is 0 Å². The number of hydrogen-bond acceptors (Lipinski definition) is 2. The molecule has 0 radical (unpaired) electrons. The van der Waals surface area contributed by atoms with E-state index in [0.29, 0.717) is 16.7 Å². The minimum absolute atomic E-state index is 0.147. The highest BCUT2D eigenvalue weighted by Crippen LogP contribution is 2.18. The average molecular weight is 343 g/mol. The first kappa shape index (κ1) is 17.6. The fraction of sp³-hybridized carbons (Fsp3) is 0.130. The fourth-order valence-electron chi connectivity index (χ4n) is 2.84. The maximum absolute atomic E-state index is 12.9. The Kier molecular flexibility index (Phi) is 5.28. The Bertz CT molecular complexity index is 914. The molecule has 0 saturated carbocycles. The third kappa shape index (κ3) is 3.89. The summed E-state index contributed by atoms with van der Waals surface area (Å²) in [6.07, 6.45) is 0. The van der Waals surface area contributed by atoms with Crippen molar-refractivity contribution in [2.75, 3.05) is 0 Å². The first-order valence-corrected chi connectivity index (χ1v) is 8.62. The third-order valence-corrected chi connectivity index (χ3v) is 4.38. The number of carbonyl (C=O) groups excluding carboxylic acids is 2. The standard InChI is InChI=1S/C23H21NO2/c1-16-12-14-19(15-13-16)22(25)20-10-6-7-11-21(20)23(26)24-17(2)18-8-4-3-5-9-18/h3-15,17H,1-2H3,(H,24,26)/t17-/m0/s1. The van der Waals surface area contributed by atoms with Gasteiger partial charge in [0.05, 0.1) is 11.6 Å². The molecular weight excluding hydrogens is 322 g/mol. The van der Waals surface area contributed by atoms with Crippen LogP contribution in [0.1, 0.15) is 50.4 Å². The monoisotopic (exact) mass is 343 g/mol. The molecule has 0 spiro atoms. The first-order valence-electron chi connectivity index (χ1n) is 8.62. The minimum atomic E-state index is -0.252. The van der Waals surface area contributed by atoms with Gasteiger partial charge in [0.15, 0.2) is 5.78 Å². The summed E-state index contributed by atoms with van der Waals surface area (Å²) in [5, 5.41) is 2.98. The van der Waals surface area contributed by atoms with Crippen molar-refractivity contribution in [1.82, 2.24) is 5.32 Å². The van der Waals surface area contributed by atoms with Crippen LogP contribution in [0.3, 0.4) is 0 Å². The summed E-state index contributed by atoms with van der Waals surface area (Å²) >= 11 is 0. The molecule has 0 bridgehead atoms. The first-order chi connectivity index (χ1) is 12.6. The summed E-state index contributed by atoms with van der Waals surface area (Å²) in [6.45, 7) is 3.90. The number of aryl methyl sites for hydroxylation is 1. The van der Waals surface area contributed by atoms with Crippen LogP contribution in [0.15, 0.2) is 78.9 Å². The predicted molar refractivity (Wildman–Crippen MR) is 103 cm³/mol. The number of nitrogens with one attached hydrogen (secondary N) is 1. The third-order valence-electron chi connectivity index (χ3n) is 4.38. The molecule has 3 nitrogen and oxygen atoms in total. The van der Waals surface area contributed by atoms with Gasteiger partial charge in [0.2, 0.25) is 0 Å². The summed E-state index contributed by atoms with van der Waals surface area (Å²) in [4.78, 5) is 25.6. The fourth-order valence-corrected chi connectivity index (χ4v) is 2.84. The van der Waals surface area contributed by atoms with Crippen LogP contribution in [0.25, 0.3) is 0 Å². The van der Waals surface area contributed by atoms with Crippen LogP contribution in [0.2, 0.25) is 0 Å². The molecule has 0 aromatic heterocycles. The van der Waals surface area contributed by atoms with E-state index in [0.717, 1.165) is 11.1 Å². The van der Waals surface area contributed by atoms with E-state index in [9.17, 15) is 9.59 Å². The second-order valence-corrected chi connectivity index (χ2v) is 6.35. The van der Waals surface area contributed by atoms with Gasteiger partial charge in [0, 0.05) is 11.1 Å². The van der Waals surface area contributed by atoms with E-state index in [1.807, 2.05) is 56.3 Å². The quantitative estimate of drug-likeness (QED) is 0.682. The van der Waals surface area contributed by atoms with Gasteiger partial charge in [-0.2, -0.15) is 0 Å². The summed E-state index contributed by atoms with van der Waals surface area (Å²) in [6, 6.07) is 23.9. The Balaban J connectivity index is 1.85. The van der Waals surface area contributed by atoms with Gasteiger partial charge in [-0.1, -0.05) is 78.4 Å². The number of benzene rings is 3. The molecule has 0 aliphatic carbocycles. The molecule has 3 aromatic rings. The van der Waals surface area contributed by atoms with Crippen molar-refractivity contribution < 1.29 is 9.59 Å². The zero-order chi connectivity index (χ0) is 18.5. The Morgan fingerprint density at radius 3 is 2.00 bits per heavy atom. The number of hydrogen-bond donors (Lipinski definition) is 1. The normalized spacial score (nSPS) is 11.6. The van der Waals surface area contributed by atoms with Crippen LogP contribution in [0.4, 0.5) is 0 Å². The van der Waals surface area contributed by atoms with E-state index in [1.165, 1.54) is 0 Å². The molecule has 0 aliphatic heterocycles. The van der Waals surface area contributed by atoms with Gasteiger partial charge in [-0.3, -0.25) is 9.59 Å². The summed E-state index contributed by atoms with van der Waals surface area (Å²) in [7, 11) is 0. The molecule has 3 aromatic carbocycles. The predicted octanol–water partition coefficient (Wildman–Crippen LogP) is 4.72. The summed E-state index contributed by atoms with van der Waals surface area (Å²) in [5.74, 6) is -0.402. The summed E-state index contributed by atoms with van der Waals surface area (Å²) < 4.78 is 0. The minimum Gasteiger partial charge on any atom is -0.345 e. The van der Waals surface area contributed by atoms with E-state index < -0.39 is 0 Å². The molecule has 1 amide bonds. The molecule has 0 fully saturated rings. The molecule has 3 rings (SSSR count). The molecule has 0 aliphatic rings. The average Bonchev–Trinajstić information content (AvgIpc) is 2.68. The van der Waals surface area contributed by atoms with Crippen molar-refractivity contribution in [2.45, 2.75) is 19.9 Å². The lowest BCUT2D eigenvalue weighted by Gasteiger charge is -2.16. The summed E-state index contributed by atoms with van der Waals surface area (Å²) in [5.41, 5.74) is 3.48. The molecule has 1 atom stereocenters. The number of carbonyl (C=O) groups is 2. The smallest absolute Gasteiger partial charge is 0.252 e. The zero-order valence-corrected chi connectivity index (χ0v) is 14.9. The Hall–Kier alpha value is -3.20. The van der Waals surface area contributed by atoms with Crippen LogP contribution in [0, 0.1) is 6.92 Å². The van der Waals surface area contributed by atoms with Crippen molar-refractivity contribution >= 4 is 11.7 Å². The molecular formula is C23H21NO2. The Morgan fingerprint density at radius 2 is 1.35 bits per heavy atom. The van der Waals surface area contributed by atoms with Crippen molar-refractivity contribution in [3.8, 4) is 0 Å². The van der Waals surface area contributed by atoms with Crippen molar-refractivity contribution in [2.24, 2.45) is 0 Å². The Morgan fingerprint density at radius 1 is 0.769 bits per heavy atom. The number of ketones is 1. The van der Waals surface area contributed by atoms with Gasteiger partial charge in [-0.05, 0) is 25.5 Å². The van der Waals surface area contributed by atoms with E-state index in [4.69, 9.17) is 0 Å². The van der Waals surface area contributed by atoms with Crippen molar-refractivity contribution in [3.05, 3.63) is 107 Å². The molecule has 0 saturated heterocycles. The van der Waals surface area contributed by atoms with Gasteiger partial charge in [-0.15, -0.1) is 0 Å². The van der Waals surface area contributed by atoms with Crippen molar-refractivity contribution in [3.63, 3.8) is 0 Å². The molecule has 0 heterocycles. The maximum Gasteiger partial charge on any atom is 0.252 e. The van der Waals surface area contributed by atoms with Gasteiger partial charge in [-0.25, -0.2) is 0 Å². The van der Waals surface area contributed by atoms with Gasteiger partial charge in [0.25, 0.3) is 5.91 Å². The molecule has 0 unspecified atom stereocenters. The van der Waals surface area contributed by atoms with Crippen LogP contribution >= 0.6 is 0 Å². The van der Waals surface area contributed by atoms with Gasteiger partial charge < -0.3 is 5.32 Å². The van der Waals surface area contributed by atoms with Crippen LogP contribution in [-0.2, 0) is 0 Å². The largest absolute Gasteiger partial charge is 0.345 e. The van der Waals surface area contributed by atoms with Gasteiger partial charge >= 0.3 is 0 Å². The lowest BCUT2D eigenvalue weighted by Crippen LogP contribution is -2.28. The van der Waals surface area contributed by atoms with Crippen LogP contribution < -0.4 is 5.32 Å². The molecule has 3 heteroatoms. The maximum atomic E-state index is 12.9.